The zero-order valence-electron chi connectivity index (χ0n) is 21.2. The van der Waals surface area contributed by atoms with Gasteiger partial charge in [0.25, 0.3) is 5.91 Å². The molecule has 0 atom stereocenters. The fourth-order valence-electron chi connectivity index (χ4n) is 3.86. The number of amides is 3. The van der Waals surface area contributed by atoms with E-state index in [0.717, 1.165) is 5.56 Å². The molecule has 2 aromatic rings. The minimum absolute atomic E-state index is 0.0284. The lowest BCUT2D eigenvalue weighted by Crippen LogP contribution is -2.64. The van der Waals surface area contributed by atoms with Gasteiger partial charge >= 0.3 is 12.2 Å². The van der Waals surface area contributed by atoms with Crippen molar-refractivity contribution in [2.75, 3.05) is 13.1 Å². The Hall–Kier alpha value is -3.60. The highest BCUT2D eigenvalue weighted by Gasteiger charge is 2.46. The van der Waals surface area contributed by atoms with E-state index in [1.807, 2.05) is 30.3 Å². The second-order valence-corrected chi connectivity index (χ2v) is 11.6. The van der Waals surface area contributed by atoms with E-state index in [4.69, 9.17) is 9.47 Å². The van der Waals surface area contributed by atoms with Gasteiger partial charge in [-0.1, -0.05) is 60.7 Å². The van der Waals surface area contributed by atoms with Crippen molar-refractivity contribution in [3.05, 3.63) is 71.8 Å². The Bertz CT molecular complexity index is 1190. The Balaban J connectivity index is 1.70. The lowest BCUT2D eigenvalue weighted by molar-refractivity contribution is -0.127. The van der Waals surface area contributed by atoms with E-state index in [-0.39, 0.29) is 32.5 Å². The molecule has 1 saturated heterocycles. The van der Waals surface area contributed by atoms with E-state index in [2.05, 4.69) is 10.0 Å². The summed E-state index contributed by atoms with van der Waals surface area (Å²) < 4.78 is 38.3. The molecule has 1 fully saturated rings. The largest absolute Gasteiger partial charge is 0.445 e. The third-order valence-corrected chi connectivity index (χ3v) is 6.91. The maximum atomic E-state index is 13.3. The first kappa shape index (κ1) is 28.0. The minimum atomic E-state index is -4.06. The summed E-state index contributed by atoms with van der Waals surface area (Å²) in [4.78, 5) is 39.9. The van der Waals surface area contributed by atoms with Gasteiger partial charge in [0, 0.05) is 13.1 Å². The van der Waals surface area contributed by atoms with Gasteiger partial charge in [-0.2, -0.15) is 0 Å². The van der Waals surface area contributed by atoms with Crippen LogP contribution in [0.1, 0.15) is 44.7 Å². The van der Waals surface area contributed by atoms with Crippen LogP contribution in [-0.2, 0) is 36.7 Å². The summed E-state index contributed by atoms with van der Waals surface area (Å²) in [6.07, 6.45) is -1.48. The Kier molecular flexibility index (Phi) is 8.80. The summed E-state index contributed by atoms with van der Waals surface area (Å²) in [5.41, 5.74) is -1.09. The van der Waals surface area contributed by atoms with E-state index in [9.17, 15) is 22.8 Å². The molecule has 0 aromatic heterocycles. The van der Waals surface area contributed by atoms with Crippen LogP contribution in [0.5, 0.6) is 0 Å². The SMILES string of the molecule is CC(C)(C)OC(=O)NC1(C(=O)NS(=O)(=O)Cc2ccccc2)CCN(C(=O)OCc2ccccc2)CC1. The number of ether oxygens (including phenoxy) is 2. The number of alkyl carbamates (subject to hydrolysis) is 1. The number of benzene rings is 2. The first-order valence-electron chi connectivity index (χ1n) is 11.9. The van der Waals surface area contributed by atoms with Crippen LogP contribution >= 0.6 is 0 Å². The van der Waals surface area contributed by atoms with Gasteiger partial charge in [0.2, 0.25) is 10.0 Å². The molecule has 37 heavy (non-hydrogen) atoms. The molecule has 2 N–H and O–H groups in total. The highest BCUT2D eigenvalue weighted by molar-refractivity contribution is 7.89. The molecule has 11 heteroatoms. The lowest BCUT2D eigenvalue weighted by atomic mass is 9.87. The predicted molar refractivity (Wildman–Crippen MR) is 137 cm³/mol. The van der Waals surface area contributed by atoms with Crippen molar-refractivity contribution in [1.29, 1.82) is 0 Å². The second-order valence-electron chi connectivity index (χ2n) is 9.91. The van der Waals surface area contributed by atoms with Gasteiger partial charge in [0.05, 0.1) is 5.75 Å². The van der Waals surface area contributed by atoms with Crippen molar-refractivity contribution in [2.45, 2.75) is 57.1 Å². The smallest absolute Gasteiger partial charge is 0.410 e. The van der Waals surface area contributed by atoms with E-state index in [1.54, 1.807) is 51.1 Å². The summed E-state index contributed by atoms with van der Waals surface area (Å²) in [6, 6.07) is 17.6. The molecule has 1 aliphatic heterocycles. The van der Waals surface area contributed by atoms with Crippen LogP contribution in [0.15, 0.2) is 60.7 Å². The Morgan fingerprint density at radius 3 is 2.00 bits per heavy atom. The molecule has 0 radical (unpaired) electrons. The molecule has 3 rings (SSSR count). The van der Waals surface area contributed by atoms with Crippen LogP contribution in [-0.4, -0.2) is 55.6 Å². The number of sulfonamides is 1. The lowest BCUT2D eigenvalue weighted by Gasteiger charge is -2.40. The Labute approximate surface area is 217 Å². The number of hydrogen-bond donors (Lipinski definition) is 2. The fraction of sp³-hybridized carbons (Fsp3) is 0.423. The zero-order chi connectivity index (χ0) is 27.1. The summed E-state index contributed by atoms with van der Waals surface area (Å²) in [6.45, 7) is 5.25. The highest BCUT2D eigenvalue weighted by atomic mass is 32.2. The number of carbonyl (C=O) groups excluding carboxylic acids is 3. The van der Waals surface area contributed by atoms with Crippen LogP contribution in [0, 0.1) is 0 Å². The molecule has 10 nitrogen and oxygen atoms in total. The molecule has 0 unspecified atom stereocenters. The third-order valence-electron chi connectivity index (χ3n) is 5.70. The average molecular weight is 532 g/mol. The molecular weight excluding hydrogens is 498 g/mol. The summed E-state index contributed by atoms with van der Waals surface area (Å²) in [7, 11) is -4.06. The van der Waals surface area contributed by atoms with E-state index in [0.29, 0.717) is 5.56 Å². The molecule has 1 heterocycles. The van der Waals surface area contributed by atoms with Gasteiger partial charge in [-0.25, -0.2) is 18.0 Å². The van der Waals surface area contributed by atoms with Crippen LogP contribution in [0.2, 0.25) is 0 Å². The van der Waals surface area contributed by atoms with E-state index in [1.165, 1.54) is 4.90 Å². The predicted octanol–water partition coefficient (Wildman–Crippen LogP) is 3.33. The van der Waals surface area contributed by atoms with Crippen molar-refractivity contribution in [3.8, 4) is 0 Å². The highest BCUT2D eigenvalue weighted by Crippen LogP contribution is 2.25. The standard InChI is InChI=1S/C26H33N3O7S/c1-25(2,3)36-23(31)27-26(22(30)28-37(33,34)19-21-12-8-5-9-13-21)14-16-29(17-15-26)24(32)35-18-20-10-6-4-7-11-20/h4-13H,14-19H2,1-3H3,(H,27,31)(H,28,30). The summed E-state index contributed by atoms with van der Waals surface area (Å²) >= 11 is 0. The fourth-order valence-corrected chi connectivity index (χ4v) is 5.04. The maximum absolute atomic E-state index is 13.3. The third kappa shape index (κ3) is 8.49. The van der Waals surface area contributed by atoms with Crippen molar-refractivity contribution in [3.63, 3.8) is 0 Å². The van der Waals surface area contributed by atoms with Crippen LogP contribution in [0.3, 0.4) is 0 Å². The molecule has 0 bridgehead atoms. The summed E-state index contributed by atoms with van der Waals surface area (Å²) in [5.74, 6) is -1.29. The van der Waals surface area contributed by atoms with Crippen molar-refractivity contribution in [1.82, 2.24) is 14.9 Å². The average Bonchev–Trinajstić information content (AvgIpc) is 2.82. The number of rotatable bonds is 7. The number of likely N-dealkylation sites (tertiary alicyclic amines) is 1. The van der Waals surface area contributed by atoms with Crippen molar-refractivity contribution in [2.24, 2.45) is 0 Å². The quantitative estimate of drug-likeness (QED) is 0.560. The van der Waals surface area contributed by atoms with Crippen molar-refractivity contribution < 1.29 is 32.3 Å². The number of hydrogen-bond acceptors (Lipinski definition) is 7. The first-order valence-corrected chi connectivity index (χ1v) is 13.6. The molecule has 0 aliphatic carbocycles. The molecule has 1 aliphatic rings. The van der Waals surface area contributed by atoms with E-state index < -0.39 is 45.0 Å². The van der Waals surface area contributed by atoms with Crippen LogP contribution in [0.25, 0.3) is 0 Å². The normalized spacial score (nSPS) is 15.4. The Morgan fingerprint density at radius 1 is 0.919 bits per heavy atom. The molecule has 2 aromatic carbocycles. The van der Waals surface area contributed by atoms with Crippen LogP contribution < -0.4 is 10.0 Å². The maximum Gasteiger partial charge on any atom is 0.410 e. The zero-order valence-corrected chi connectivity index (χ0v) is 22.0. The number of piperidine rings is 1. The van der Waals surface area contributed by atoms with Gasteiger partial charge < -0.3 is 19.7 Å². The number of nitrogens with one attached hydrogen (secondary N) is 2. The minimum Gasteiger partial charge on any atom is -0.445 e. The molecule has 3 amide bonds. The monoisotopic (exact) mass is 531 g/mol. The van der Waals surface area contributed by atoms with Crippen molar-refractivity contribution >= 4 is 28.1 Å². The Morgan fingerprint density at radius 2 is 1.46 bits per heavy atom. The number of carbonyl (C=O) groups is 3. The molecule has 200 valence electrons. The molecule has 0 spiro atoms. The van der Waals surface area contributed by atoms with Gasteiger partial charge in [-0.3, -0.25) is 9.52 Å². The number of nitrogens with zero attached hydrogens (tertiary/aromatic N) is 1. The van der Waals surface area contributed by atoms with Gasteiger partial charge in [-0.15, -0.1) is 0 Å². The topological polar surface area (TPSA) is 131 Å². The molecular formula is C26H33N3O7S. The first-order chi connectivity index (χ1) is 17.4. The summed E-state index contributed by atoms with van der Waals surface area (Å²) in [5, 5.41) is 2.58. The van der Waals surface area contributed by atoms with Crippen LogP contribution in [0.4, 0.5) is 9.59 Å². The van der Waals surface area contributed by atoms with Gasteiger partial charge in [0.15, 0.2) is 0 Å². The van der Waals surface area contributed by atoms with Gasteiger partial charge in [0.1, 0.15) is 17.7 Å². The molecule has 0 saturated carbocycles. The van der Waals surface area contributed by atoms with E-state index >= 15 is 0 Å². The second kappa shape index (κ2) is 11.6. The van der Waals surface area contributed by atoms with Gasteiger partial charge in [-0.05, 0) is 44.7 Å².